The smallest absolute Gasteiger partial charge is 0.308 e. The van der Waals surface area contributed by atoms with Crippen molar-refractivity contribution in [2.45, 2.75) is 19.8 Å². The van der Waals surface area contributed by atoms with E-state index in [9.17, 15) is 4.79 Å². The summed E-state index contributed by atoms with van der Waals surface area (Å²) in [5.41, 5.74) is 3.51. The number of alkyl halides is 1. The van der Waals surface area contributed by atoms with Crippen LogP contribution in [0, 0.1) is 6.92 Å². The van der Waals surface area contributed by atoms with E-state index in [0.29, 0.717) is 17.5 Å². The van der Waals surface area contributed by atoms with Gasteiger partial charge >= 0.3 is 5.97 Å². The normalized spacial score (nSPS) is 17.3. The number of esters is 1. The number of benzene rings is 1. The van der Waals surface area contributed by atoms with E-state index in [1.807, 2.05) is 6.07 Å². The Bertz CT molecular complexity index is 665. The number of anilines is 1. The minimum Gasteiger partial charge on any atom is -0.425 e. The van der Waals surface area contributed by atoms with Crippen LogP contribution in [0.1, 0.15) is 24.0 Å². The van der Waals surface area contributed by atoms with E-state index in [-0.39, 0.29) is 5.97 Å². The topological polar surface area (TPSA) is 38.3 Å². The first-order valence-electron chi connectivity index (χ1n) is 6.14. The summed E-state index contributed by atoms with van der Waals surface area (Å²) in [4.78, 5) is 11.2. The van der Waals surface area contributed by atoms with Gasteiger partial charge in [-0.3, -0.25) is 4.79 Å². The SMILES string of the molecule is CC(=O)Oc1cc2c(c3c(C)csc13)C(CCl)CN2. The lowest BCUT2D eigenvalue weighted by Gasteiger charge is -2.11. The average molecular weight is 296 g/mol. The molecule has 1 aliphatic rings. The molecule has 0 aliphatic carbocycles. The van der Waals surface area contributed by atoms with Gasteiger partial charge in [0.2, 0.25) is 0 Å². The van der Waals surface area contributed by atoms with Gasteiger partial charge in [0.15, 0.2) is 5.75 Å². The number of carbonyl (C=O) groups excluding carboxylic acids is 1. The van der Waals surface area contributed by atoms with Gasteiger partial charge in [-0.1, -0.05) is 0 Å². The van der Waals surface area contributed by atoms with Crippen LogP contribution in [0.2, 0.25) is 0 Å². The van der Waals surface area contributed by atoms with Crippen LogP contribution in [0.25, 0.3) is 10.1 Å². The third-order valence-electron chi connectivity index (χ3n) is 3.42. The molecule has 5 heteroatoms. The van der Waals surface area contributed by atoms with E-state index in [1.165, 1.54) is 23.4 Å². The third-order valence-corrected chi connectivity index (χ3v) is 4.91. The molecule has 0 bridgehead atoms. The van der Waals surface area contributed by atoms with Gasteiger partial charge in [-0.25, -0.2) is 0 Å². The molecule has 0 amide bonds. The van der Waals surface area contributed by atoms with Crippen LogP contribution in [-0.2, 0) is 4.79 Å². The minimum absolute atomic E-state index is 0.292. The van der Waals surface area contributed by atoms with Crippen molar-refractivity contribution < 1.29 is 9.53 Å². The second-order valence-corrected chi connectivity index (χ2v) is 5.97. The highest BCUT2D eigenvalue weighted by atomic mass is 35.5. The standard InChI is InChI=1S/C14H14ClNO2S/c1-7-6-19-14-11(18-8(2)17)3-10-13(12(7)14)9(4-15)5-16-10/h3,6,9,16H,4-5H2,1-2H3. The van der Waals surface area contributed by atoms with E-state index in [0.717, 1.165) is 16.9 Å². The van der Waals surface area contributed by atoms with Crippen molar-refractivity contribution in [1.29, 1.82) is 0 Å². The molecule has 0 fully saturated rings. The van der Waals surface area contributed by atoms with Crippen LogP contribution in [0.5, 0.6) is 5.75 Å². The molecule has 1 aliphatic heterocycles. The highest BCUT2D eigenvalue weighted by molar-refractivity contribution is 7.17. The molecule has 3 nitrogen and oxygen atoms in total. The Morgan fingerprint density at radius 1 is 1.63 bits per heavy atom. The number of aryl methyl sites for hydroxylation is 1. The van der Waals surface area contributed by atoms with Crippen LogP contribution in [0.4, 0.5) is 5.69 Å². The summed E-state index contributed by atoms with van der Waals surface area (Å²) in [6, 6.07) is 1.92. The second-order valence-electron chi connectivity index (χ2n) is 4.78. The molecule has 1 atom stereocenters. The maximum absolute atomic E-state index is 11.2. The molecule has 1 unspecified atom stereocenters. The molecule has 0 radical (unpaired) electrons. The van der Waals surface area contributed by atoms with Gasteiger partial charge in [-0.15, -0.1) is 22.9 Å². The van der Waals surface area contributed by atoms with Gasteiger partial charge in [0.05, 0.1) is 4.70 Å². The molecule has 2 aromatic rings. The van der Waals surface area contributed by atoms with Gasteiger partial charge in [0, 0.05) is 42.4 Å². The highest BCUT2D eigenvalue weighted by Gasteiger charge is 2.27. The van der Waals surface area contributed by atoms with Gasteiger partial charge in [0.1, 0.15) is 0 Å². The highest BCUT2D eigenvalue weighted by Crippen LogP contribution is 2.46. The van der Waals surface area contributed by atoms with Crippen molar-refractivity contribution in [3.63, 3.8) is 0 Å². The lowest BCUT2D eigenvalue weighted by Crippen LogP contribution is -2.03. The summed E-state index contributed by atoms with van der Waals surface area (Å²) in [7, 11) is 0. The Morgan fingerprint density at radius 2 is 2.42 bits per heavy atom. The van der Waals surface area contributed by atoms with Crippen molar-refractivity contribution in [2.24, 2.45) is 0 Å². The summed E-state index contributed by atoms with van der Waals surface area (Å²) in [5, 5.41) is 6.64. The fourth-order valence-electron chi connectivity index (χ4n) is 2.64. The van der Waals surface area contributed by atoms with Crippen LogP contribution in [0.3, 0.4) is 0 Å². The number of thiophene rings is 1. The lowest BCUT2D eigenvalue weighted by atomic mass is 9.97. The quantitative estimate of drug-likeness (QED) is 0.519. The van der Waals surface area contributed by atoms with Crippen LogP contribution < -0.4 is 10.1 Å². The summed E-state index contributed by atoms with van der Waals surface area (Å²) in [6.45, 7) is 4.35. The predicted octanol–water partition coefficient (Wildman–Crippen LogP) is 3.88. The Kier molecular flexibility index (Phi) is 3.15. The summed E-state index contributed by atoms with van der Waals surface area (Å²) in [5.74, 6) is 1.26. The number of hydrogen-bond acceptors (Lipinski definition) is 4. The maximum atomic E-state index is 11.2. The number of fused-ring (bicyclic) bond motifs is 3. The molecule has 1 aromatic carbocycles. The van der Waals surface area contributed by atoms with Crippen molar-refractivity contribution in [1.82, 2.24) is 0 Å². The third kappa shape index (κ3) is 1.99. The molecule has 100 valence electrons. The van der Waals surface area contributed by atoms with Gasteiger partial charge in [-0.05, 0) is 23.4 Å². The summed E-state index contributed by atoms with van der Waals surface area (Å²) < 4.78 is 6.37. The Morgan fingerprint density at radius 3 is 3.11 bits per heavy atom. The number of hydrogen-bond donors (Lipinski definition) is 1. The van der Waals surface area contributed by atoms with Crippen LogP contribution in [-0.4, -0.2) is 18.4 Å². The lowest BCUT2D eigenvalue weighted by molar-refractivity contribution is -0.131. The zero-order valence-corrected chi connectivity index (χ0v) is 12.3. The van der Waals surface area contributed by atoms with Gasteiger partial charge in [0.25, 0.3) is 0 Å². The summed E-state index contributed by atoms with van der Waals surface area (Å²) >= 11 is 7.67. The van der Waals surface area contributed by atoms with Crippen molar-refractivity contribution >= 4 is 44.7 Å². The van der Waals surface area contributed by atoms with Crippen LogP contribution >= 0.6 is 22.9 Å². The predicted molar refractivity (Wildman–Crippen MR) is 79.8 cm³/mol. The molecular weight excluding hydrogens is 282 g/mol. The van der Waals surface area contributed by atoms with E-state index in [2.05, 4.69) is 17.6 Å². The first kappa shape index (κ1) is 12.8. The molecule has 1 N–H and O–H groups in total. The Balaban J connectivity index is 2.28. The number of rotatable bonds is 2. The van der Waals surface area contributed by atoms with Gasteiger partial charge in [-0.2, -0.15) is 0 Å². The van der Waals surface area contributed by atoms with Crippen LogP contribution in [0.15, 0.2) is 11.4 Å². The van der Waals surface area contributed by atoms with Crippen molar-refractivity contribution in [3.8, 4) is 5.75 Å². The fourth-order valence-corrected chi connectivity index (χ4v) is 3.92. The number of ether oxygens (including phenoxy) is 1. The first-order valence-corrected chi connectivity index (χ1v) is 7.56. The maximum Gasteiger partial charge on any atom is 0.308 e. The van der Waals surface area contributed by atoms with Gasteiger partial charge < -0.3 is 10.1 Å². The minimum atomic E-state index is -0.292. The van der Waals surface area contributed by atoms with E-state index >= 15 is 0 Å². The average Bonchev–Trinajstić information content (AvgIpc) is 2.92. The Labute approximate surface area is 120 Å². The fraction of sp³-hybridized carbons (Fsp3) is 0.357. The molecule has 19 heavy (non-hydrogen) atoms. The van der Waals surface area contributed by atoms with Crippen molar-refractivity contribution in [3.05, 3.63) is 22.6 Å². The number of carbonyl (C=O) groups is 1. The molecule has 0 saturated heterocycles. The van der Waals surface area contributed by atoms with E-state index in [1.54, 1.807) is 11.3 Å². The zero-order valence-electron chi connectivity index (χ0n) is 10.7. The van der Waals surface area contributed by atoms with E-state index < -0.39 is 0 Å². The van der Waals surface area contributed by atoms with E-state index in [4.69, 9.17) is 16.3 Å². The zero-order chi connectivity index (χ0) is 13.6. The molecule has 2 heterocycles. The molecule has 0 saturated carbocycles. The monoisotopic (exact) mass is 295 g/mol. The summed E-state index contributed by atoms with van der Waals surface area (Å²) in [6.07, 6.45) is 0. The molecule has 3 rings (SSSR count). The number of halogens is 1. The second kappa shape index (κ2) is 4.69. The molecule has 0 spiro atoms. The molecular formula is C14H14ClNO2S. The Hall–Kier alpha value is -1.26. The number of nitrogens with one attached hydrogen (secondary N) is 1. The molecule has 1 aromatic heterocycles. The first-order chi connectivity index (χ1) is 9.11. The van der Waals surface area contributed by atoms with Crippen molar-refractivity contribution in [2.75, 3.05) is 17.7 Å². The largest absolute Gasteiger partial charge is 0.425 e.